The van der Waals surface area contributed by atoms with Gasteiger partial charge in [0, 0.05) is 32.4 Å². The number of hydrogen-bond donors (Lipinski definition) is 2. The number of carbonyl (C=O) groups excluding carboxylic acids is 2. The van der Waals surface area contributed by atoms with E-state index in [-0.39, 0.29) is 17.7 Å². The van der Waals surface area contributed by atoms with Crippen LogP contribution < -0.4 is 10.6 Å². The first kappa shape index (κ1) is 16.5. The topological polar surface area (TPSA) is 67.8 Å². The Kier molecular flexibility index (Phi) is 5.55. The van der Waals surface area contributed by atoms with Gasteiger partial charge in [-0.15, -0.1) is 0 Å². The van der Waals surface area contributed by atoms with Crippen LogP contribution >= 0.6 is 0 Å². The van der Waals surface area contributed by atoms with E-state index >= 15 is 0 Å². The fraction of sp³-hybridized carbons (Fsp3) is 0.529. The third-order valence-corrected chi connectivity index (χ3v) is 4.46. The smallest absolute Gasteiger partial charge is 0.277 e. The number of benzene rings is 1. The second-order valence-electron chi connectivity index (χ2n) is 6.34. The minimum absolute atomic E-state index is 0.0101. The number of quaternary nitrogens is 1. The van der Waals surface area contributed by atoms with Crippen molar-refractivity contribution in [2.24, 2.45) is 11.7 Å². The Morgan fingerprint density at radius 3 is 2.36 bits per heavy atom. The van der Waals surface area contributed by atoms with E-state index in [0.717, 1.165) is 31.5 Å². The van der Waals surface area contributed by atoms with E-state index < -0.39 is 0 Å². The molecule has 3 N–H and O–H groups in total. The van der Waals surface area contributed by atoms with Crippen LogP contribution in [0.3, 0.4) is 0 Å². The average Bonchev–Trinajstić information content (AvgIpc) is 2.50. The molecule has 1 aromatic carbocycles. The lowest BCUT2D eigenvalue weighted by atomic mass is 9.96. The molecule has 5 nitrogen and oxygen atoms in total. The van der Waals surface area contributed by atoms with E-state index in [1.165, 1.54) is 10.5 Å². The van der Waals surface area contributed by atoms with E-state index in [1.54, 1.807) is 4.90 Å². The number of nitrogens with zero attached hydrogens (tertiary/aromatic N) is 1. The zero-order chi connectivity index (χ0) is 16.1. The van der Waals surface area contributed by atoms with E-state index in [0.29, 0.717) is 13.1 Å². The highest BCUT2D eigenvalue weighted by atomic mass is 16.2. The number of nitrogens with two attached hydrogens (primary N) is 1. The minimum atomic E-state index is -0.207. The number of amides is 2. The lowest BCUT2D eigenvalue weighted by Gasteiger charge is -2.28. The number of hydrogen-bond acceptors (Lipinski definition) is 2. The van der Waals surface area contributed by atoms with Crippen molar-refractivity contribution in [1.29, 1.82) is 0 Å². The highest BCUT2D eigenvalue weighted by Gasteiger charge is 2.27. The largest absolute Gasteiger partial charge is 0.369 e. The summed E-state index contributed by atoms with van der Waals surface area (Å²) in [5.41, 5.74) is 7.70. The molecule has 0 bridgehead atoms. The number of likely N-dealkylation sites (tertiary alicyclic amines) is 1. The van der Waals surface area contributed by atoms with Crippen LogP contribution in [0.5, 0.6) is 0 Å². The molecule has 1 fully saturated rings. The second kappa shape index (κ2) is 7.40. The van der Waals surface area contributed by atoms with Gasteiger partial charge < -0.3 is 15.5 Å². The maximum Gasteiger partial charge on any atom is 0.277 e. The SMILES string of the molecule is Cc1ccc(CN(C)C(=O)C[NH+]2CCC(C(N)=O)CC2)cc1. The molecule has 0 saturated carbocycles. The Bertz CT molecular complexity index is 519. The predicted molar refractivity (Wildman–Crippen MR) is 85.1 cm³/mol. The summed E-state index contributed by atoms with van der Waals surface area (Å²) in [6.07, 6.45) is 1.58. The number of carbonyl (C=O) groups is 2. The molecule has 0 radical (unpaired) electrons. The van der Waals surface area contributed by atoms with Crippen molar-refractivity contribution >= 4 is 11.8 Å². The normalized spacial score (nSPS) is 21.4. The molecule has 2 rings (SSSR count). The Balaban J connectivity index is 1.79. The van der Waals surface area contributed by atoms with Gasteiger partial charge in [0.2, 0.25) is 5.91 Å². The van der Waals surface area contributed by atoms with E-state index in [1.807, 2.05) is 7.05 Å². The Morgan fingerprint density at radius 1 is 1.23 bits per heavy atom. The maximum absolute atomic E-state index is 12.3. The molecule has 0 unspecified atom stereocenters. The molecule has 1 aliphatic heterocycles. The van der Waals surface area contributed by atoms with Gasteiger partial charge in [-0.05, 0) is 12.5 Å². The van der Waals surface area contributed by atoms with Crippen LogP contribution in [0.25, 0.3) is 0 Å². The highest BCUT2D eigenvalue weighted by molar-refractivity contribution is 5.77. The molecule has 0 atom stereocenters. The van der Waals surface area contributed by atoms with Crippen LogP contribution in [0, 0.1) is 12.8 Å². The van der Waals surface area contributed by atoms with Crippen LogP contribution in [-0.4, -0.2) is 43.4 Å². The molecule has 22 heavy (non-hydrogen) atoms. The Morgan fingerprint density at radius 2 is 1.82 bits per heavy atom. The molecule has 2 amide bonds. The van der Waals surface area contributed by atoms with Gasteiger partial charge in [-0.2, -0.15) is 0 Å². The summed E-state index contributed by atoms with van der Waals surface area (Å²) in [6.45, 7) is 4.87. The summed E-state index contributed by atoms with van der Waals surface area (Å²) in [5.74, 6) is -0.0703. The fourth-order valence-electron chi connectivity index (χ4n) is 2.89. The number of nitrogens with one attached hydrogen (secondary N) is 1. The summed E-state index contributed by atoms with van der Waals surface area (Å²) >= 11 is 0. The van der Waals surface area contributed by atoms with Gasteiger partial charge in [0.1, 0.15) is 0 Å². The van der Waals surface area contributed by atoms with Crippen molar-refractivity contribution in [1.82, 2.24) is 4.90 Å². The van der Waals surface area contributed by atoms with Crippen LogP contribution in [0.1, 0.15) is 24.0 Å². The van der Waals surface area contributed by atoms with Gasteiger partial charge in [0.05, 0.1) is 13.1 Å². The van der Waals surface area contributed by atoms with Crippen LogP contribution in [0.2, 0.25) is 0 Å². The summed E-state index contributed by atoms with van der Waals surface area (Å²) in [5, 5.41) is 0. The van der Waals surface area contributed by atoms with E-state index in [2.05, 4.69) is 31.2 Å². The molecule has 1 heterocycles. The van der Waals surface area contributed by atoms with Crippen molar-refractivity contribution in [2.75, 3.05) is 26.7 Å². The van der Waals surface area contributed by atoms with Gasteiger partial charge in [0.15, 0.2) is 6.54 Å². The first-order valence-corrected chi connectivity index (χ1v) is 7.88. The number of likely N-dealkylation sites (N-methyl/N-ethyl adjacent to an activating group) is 1. The number of aryl methyl sites for hydroxylation is 1. The lowest BCUT2D eigenvalue weighted by Crippen LogP contribution is -3.14. The highest BCUT2D eigenvalue weighted by Crippen LogP contribution is 2.08. The van der Waals surface area contributed by atoms with Gasteiger partial charge in [-0.1, -0.05) is 29.8 Å². The summed E-state index contributed by atoms with van der Waals surface area (Å²) in [6, 6.07) is 8.25. The number of rotatable bonds is 5. The standard InChI is InChI=1S/C17H25N3O2/c1-13-3-5-14(6-4-13)11-19(2)16(21)12-20-9-7-15(8-10-20)17(18)22/h3-6,15H,7-12H2,1-2H3,(H2,18,22)/p+1. The first-order chi connectivity index (χ1) is 10.5. The van der Waals surface area contributed by atoms with Gasteiger partial charge in [-0.25, -0.2) is 0 Å². The first-order valence-electron chi connectivity index (χ1n) is 7.88. The van der Waals surface area contributed by atoms with E-state index in [9.17, 15) is 9.59 Å². The molecule has 1 aromatic rings. The number of piperidine rings is 1. The monoisotopic (exact) mass is 304 g/mol. The van der Waals surface area contributed by atoms with Crippen LogP contribution in [-0.2, 0) is 16.1 Å². The average molecular weight is 304 g/mol. The molecule has 5 heteroatoms. The quantitative estimate of drug-likeness (QED) is 0.786. The van der Waals surface area contributed by atoms with Gasteiger partial charge >= 0.3 is 0 Å². The third-order valence-electron chi connectivity index (χ3n) is 4.46. The molecule has 120 valence electrons. The molecular formula is C17H26N3O2+. The van der Waals surface area contributed by atoms with Crippen LogP contribution in [0.15, 0.2) is 24.3 Å². The molecule has 0 spiro atoms. The molecule has 0 aromatic heterocycles. The maximum atomic E-state index is 12.3. The van der Waals surface area contributed by atoms with Gasteiger partial charge in [-0.3, -0.25) is 9.59 Å². The Hall–Kier alpha value is -1.88. The van der Waals surface area contributed by atoms with Crippen molar-refractivity contribution in [2.45, 2.75) is 26.3 Å². The van der Waals surface area contributed by atoms with Crippen molar-refractivity contribution in [3.05, 3.63) is 35.4 Å². The van der Waals surface area contributed by atoms with Crippen molar-refractivity contribution in [3.63, 3.8) is 0 Å². The van der Waals surface area contributed by atoms with Crippen LogP contribution in [0.4, 0.5) is 0 Å². The molecule has 1 aliphatic rings. The summed E-state index contributed by atoms with van der Waals surface area (Å²) in [7, 11) is 1.85. The third kappa shape index (κ3) is 4.56. The lowest BCUT2D eigenvalue weighted by molar-refractivity contribution is -0.898. The predicted octanol–water partition coefficient (Wildman–Crippen LogP) is -0.266. The van der Waals surface area contributed by atoms with Gasteiger partial charge in [0.25, 0.3) is 5.91 Å². The minimum Gasteiger partial charge on any atom is -0.369 e. The second-order valence-corrected chi connectivity index (χ2v) is 6.34. The summed E-state index contributed by atoms with van der Waals surface area (Å²) in [4.78, 5) is 26.5. The zero-order valence-electron chi connectivity index (χ0n) is 13.5. The zero-order valence-corrected chi connectivity index (χ0v) is 13.5. The molecule has 1 saturated heterocycles. The Labute approximate surface area is 132 Å². The molecular weight excluding hydrogens is 278 g/mol. The number of primary amides is 1. The summed E-state index contributed by atoms with van der Waals surface area (Å²) < 4.78 is 0. The molecule has 0 aliphatic carbocycles. The van der Waals surface area contributed by atoms with Crippen molar-refractivity contribution in [3.8, 4) is 0 Å². The fourth-order valence-corrected chi connectivity index (χ4v) is 2.89. The van der Waals surface area contributed by atoms with Crippen molar-refractivity contribution < 1.29 is 14.5 Å². The van der Waals surface area contributed by atoms with E-state index in [4.69, 9.17) is 5.73 Å².